The van der Waals surface area contributed by atoms with E-state index in [4.69, 9.17) is 0 Å². The number of anilines is 1. The quantitative estimate of drug-likeness (QED) is 0.615. The molecular weight excluding hydrogens is 348 g/mol. The molecule has 0 bridgehead atoms. The van der Waals surface area contributed by atoms with Gasteiger partial charge in [-0.3, -0.25) is 4.79 Å². The Morgan fingerprint density at radius 1 is 1.19 bits per heavy atom. The van der Waals surface area contributed by atoms with E-state index in [0.717, 1.165) is 24.2 Å². The predicted molar refractivity (Wildman–Crippen MR) is 101 cm³/mol. The lowest BCUT2D eigenvalue weighted by Crippen LogP contribution is -2.21. The number of carbonyl (C=O) groups excluding carboxylic acids is 1. The second-order valence-electron chi connectivity index (χ2n) is 5.77. The number of rotatable bonds is 4. The van der Waals surface area contributed by atoms with E-state index in [-0.39, 0.29) is 5.91 Å². The molecule has 0 saturated heterocycles. The molecular formula is C18H16N6OS. The van der Waals surface area contributed by atoms with Crippen molar-refractivity contribution in [3.8, 4) is 0 Å². The summed E-state index contributed by atoms with van der Waals surface area (Å²) in [4.78, 5) is 12.7. The largest absolute Gasteiger partial charge is 0.281 e. The van der Waals surface area contributed by atoms with Crippen LogP contribution >= 0.6 is 11.8 Å². The Morgan fingerprint density at radius 3 is 2.81 bits per heavy atom. The zero-order valence-electron chi connectivity index (χ0n) is 14.1. The van der Waals surface area contributed by atoms with Crippen molar-refractivity contribution in [1.29, 1.82) is 0 Å². The molecule has 1 aliphatic heterocycles. The fourth-order valence-electron chi connectivity index (χ4n) is 2.68. The van der Waals surface area contributed by atoms with Crippen LogP contribution in [0.4, 0.5) is 5.69 Å². The molecule has 0 unspecified atom stereocenters. The fraction of sp³-hybridized carbons (Fsp3) is 0.167. The standard InChI is InChI=1S/C18H16N6OS/c1-13-16(17(25)23(20-13)14-8-4-2-5-9-14)12-26-18-19-21-22-24(18)15-10-6-3-7-11-15/h2,4-6,8-12H,3,7H2,1H3/b16-12+. The molecule has 2 heterocycles. The number of allylic oxidation sites excluding steroid dienone is 4. The van der Waals surface area contributed by atoms with Gasteiger partial charge in [-0.2, -0.15) is 14.8 Å². The van der Waals surface area contributed by atoms with Crippen molar-refractivity contribution in [2.45, 2.75) is 24.9 Å². The number of hydrazone groups is 1. The Labute approximate surface area is 154 Å². The number of amides is 1. The molecule has 1 amide bonds. The first kappa shape index (κ1) is 16.5. The molecule has 0 spiro atoms. The number of nitrogens with zero attached hydrogens (tertiary/aromatic N) is 6. The Morgan fingerprint density at radius 2 is 2.04 bits per heavy atom. The van der Waals surface area contributed by atoms with E-state index in [0.29, 0.717) is 16.4 Å². The van der Waals surface area contributed by atoms with E-state index in [2.05, 4.69) is 32.8 Å². The summed E-state index contributed by atoms with van der Waals surface area (Å²) in [5.41, 5.74) is 2.90. The van der Waals surface area contributed by atoms with Gasteiger partial charge < -0.3 is 0 Å². The molecule has 0 atom stereocenters. The number of para-hydroxylation sites is 1. The smallest absolute Gasteiger partial charge is 0.267 e. The summed E-state index contributed by atoms with van der Waals surface area (Å²) >= 11 is 1.31. The van der Waals surface area contributed by atoms with Crippen LogP contribution < -0.4 is 5.01 Å². The summed E-state index contributed by atoms with van der Waals surface area (Å²) in [6.07, 6.45) is 8.18. The van der Waals surface area contributed by atoms with Crippen molar-refractivity contribution in [3.63, 3.8) is 0 Å². The van der Waals surface area contributed by atoms with Gasteiger partial charge in [0.25, 0.3) is 5.91 Å². The second kappa shape index (κ2) is 7.09. The van der Waals surface area contributed by atoms with Crippen LogP contribution in [0.1, 0.15) is 19.8 Å². The first-order chi connectivity index (χ1) is 12.7. The summed E-state index contributed by atoms with van der Waals surface area (Å²) in [6, 6.07) is 9.37. The third-order valence-corrected chi connectivity index (χ3v) is 4.83. The fourth-order valence-corrected chi connectivity index (χ4v) is 3.50. The van der Waals surface area contributed by atoms with Gasteiger partial charge in [0.05, 0.1) is 22.7 Å². The van der Waals surface area contributed by atoms with Crippen LogP contribution in [0.25, 0.3) is 5.70 Å². The molecule has 26 heavy (non-hydrogen) atoms. The van der Waals surface area contributed by atoms with Gasteiger partial charge in [-0.25, -0.2) is 0 Å². The van der Waals surface area contributed by atoms with Crippen molar-refractivity contribution in [2.75, 3.05) is 5.01 Å². The molecule has 0 N–H and O–H groups in total. The Balaban J connectivity index is 1.56. The molecule has 0 saturated carbocycles. The number of hydrogen-bond donors (Lipinski definition) is 0. The van der Waals surface area contributed by atoms with Crippen LogP contribution in [0.2, 0.25) is 0 Å². The Hall–Kier alpha value is -3.00. The van der Waals surface area contributed by atoms with Crippen LogP contribution in [0.3, 0.4) is 0 Å². The van der Waals surface area contributed by atoms with Gasteiger partial charge in [-0.05, 0) is 53.8 Å². The highest BCUT2D eigenvalue weighted by Crippen LogP contribution is 2.28. The minimum absolute atomic E-state index is 0.156. The lowest BCUT2D eigenvalue weighted by molar-refractivity contribution is -0.114. The molecule has 0 radical (unpaired) electrons. The van der Waals surface area contributed by atoms with Crippen LogP contribution in [0, 0.1) is 0 Å². The Bertz CT molecular complexity index is 957. The van der Waals surface area contributed by atoms with Crippen molar-refractivity contribution < 1.29 is 4.79 Å². The van der Waals surface area contributed by atoms with Crippen LogP contribution in [-0.4, -0.2) is 31.8 Å². The molecule has 4 rings (SSSR count). The number of benzene rings is 1. The topological polar surface area (TPSA) is 76.3 Å². The summed E-state index contributed by atoms with van der Waals surface area (Å²) in [6.45, 7) is 1.82. The molecule has 2 aliphatic rings. The summed E-state index contributed by atoms with van der Waals surface area (Å²) < 4.78 is 1.68. The molecule has 0 fully saturated rings. The third kappa shape index (κ3) is 3.11. The van der Waals surface area contributed by atoms with Crippen molar-refractivity contribution >= 4 is 34.8 Å². The van der Waals surface area contributed by atoms with Gasteiger partial charge in [0.15, 0.2) is 0 Å². The zero-order chi connectivity index (χ0) is 17.9. The second-order valence-corrected chi connectivity index (χ2v) is 6.61. The summed E-state index contributed by atoms with van der Waals surface area (Å²) in [5, 5.41) is 20.0. The number of hydrogen-bond acceptors (Lipinski definition) is 6. The van der Waals surface area contributed by atoms with E-state index in [1.54, 1.807) is 10.1 Å². The highest BCUT2D eigenvalue weighted by Gasteiger charge is 2.28. The molecule has 8 heteroatoms. The third-order valence-electron chi connectivity index (χ3n) is 4.01. The van der Waals surface area contributed by atoms with Gasteiger partial charge in [-0.15, -0.1) is 5.10 Å². The monoisotopic (exact) mass is 364 g/mol. The number of carbonyl (C=O) groups is 1. The maximum absolute atomic E-state index is 12.7. The normalized spacial score (nSPS) is 18.4. The molecule has 7 nitrogen and oxygen atoms in total. The molecule has 2 aromatic rings. The number of aromatic nitrogens is 4. The molecule has 130 valence electrons. The van der Waals surface area contributed by atoms with Gasteiger partial charge in [0, 0.05) is 0 Å². The molecule has 1 aromatic heterocycles. The van der Waals surface area contributed by atoms with E-state index in [1.807, 2.05) is 43.3 Å². The van der Waals surface area contributed by atoms with E-state index >= 15 is 0 Å². The first-order valence-electron chi connectivity index (χ1n) is 8.21. The SMILES string of the molecule is CC1=NN(c2ccccc2)C(=O)/C1=C/Sc1nnnn1C1=CCCC=C1. The summed E-state index contributed by atoms with van der Waals surface area (Å²) in [5.74, 6) is -0.156. The highest BCUT2D eigenvalue weighted by molar-refractivity contribution is 8.02. The Kier molecular flexibility index (Phi) is 4.49. The van der Waals surface area contributed by atoms with Gasteiger partial charge in [0.2, 0.25) is 5.16 Å². The number of tetrazole rings is 1. The van der Waals surface area contributed by atoms with Gasteiger partial charge in [0.1, 0.15) is 0 Å². The van der Waals surface area contributed by atoms with Crippen LogP contribution in [0.15, 0.2) is 69.8 Å². The maximum Gasteiger partial charge on any atom is 0.281 e. The van der Waals surface area contributed by atoms with Crippen molar-refractivity contribution in [1.82, 2.24) is 20.2 Å². The van der Waals surface area contributed by atoms with Crippen molar-refractivity contribution in [2.24, 2.45) is 5.10 Å². The highest BCUT2D eigenvalue weighted by atomic mass is 32.2. The number of thioether (sulfide) groups is 1. The van der Waals surface area contributed by atoms with Crippen molar-refractivity contribution in [3.05, 3.63) is 59.5 Å². The van der Waals surface area contributed by atoms with E-state index in [1.165, 1.54) is 16.8 Å². The van der Waals surface area contributed by atoms with E-state index < -0.39 is 0 Å². The average molecular weight is 364 g/mol. The lowest BCUT2D eigenvalue weighted by Gasteiger charge is -2.11. The van der Waals surface area contributed by atoms with Crippen LogP contribution in [-0.2, 0) is 4.79 Å². The van der Waals surface area contributed by atoms with Gasteiger partial charge >= 0.3 is 0 Å². The average Bonchev–Trinajstić information content (AvgIpc) is 3.26. The molecule has 1 aromatic carbocycles. The first-order valence-corrected chi connectivity index (χ1v) is 9.09. The minimum atomic E-state index is -0.156. The maximum atomic E-state index is 12.7. The van der Waals surface area contributed by atoms with Crippen LogP contribution in [0.5, 0.6) is 0 Å². The van der Waals surface area contributed by atoms with Gasteiger partial charge in [-0.1, -0.05) is 42.1 Å². The zero-order valence-corrected chi connectivity index (χ0v) is 14.9. The summed E-state index contributed by atoms with van der Waals surface area (Å²) in [7, 11) is 0. The molecule has 1 aliphatic carbocycles. The minimum Gasteiger partial charge on any atom is -0.267 e. The van der Waals surface area contributed by atoms with E-state index in [9.17, 15) is 4.79 Å². The predicted octanol–water partition coefficient (Wildman–Crippen LogP) is 3.26. The lowest BCUT2D eigenvalue weighted by atomic mass is 10.1.